The van der Waals surface area contributed by atoms with Gasteiger partial charge in [0.1, 0.15) is 0 Å². The number of nitrogens with zero attached hydrogens (tertiary/aromatic N) is 1. The van der Waals surface area contributed by atoms with E-state index in [4.69, 9.17) is 4.84 Å². The molecule has 1 heterocycles. The van der Waals surface area contributed by atoms with Gasteiger partial charge in [0, 0.05) is 19.3 Å². The molecule has 5 heteroatoms. The molecular weight excluding hydrogens is 210 g/mol. The molecule has 1 fully saturated rings. The summed E-state index contributed by atoms with van der Waals surface area (Å²) in [6.45, 7) is 4.09. The Balaban J connectivity index is 2.34. The quantitative estimate of drug-likeness (QED) is 0.666. The van der Waals surface area contributed by atoms with Crippen LogP contribution in [-0.4, -0.2) is 22.8 Å². The Bertz CT molecular complexity index is 284. The first kappa shape index (κ1) is 12.7. The lowest BCUT2D eigenvalue weighted by Crippen LogP contribution is -2.32. The van der Waals surface area contributed by atoms with Gasteiger partial charge in [0.25, 0.3) is 11.8 Å². The number of carbonyl (C=O) groups is 3. The third-order valence-corrected chi connectivity index (χ3v) is 2.74. The van der Waals surface area contributed by atoms with Crippen molar-refractivity contribution in [2.24, 2.45) is 5.92 Å². The molecule has 1 aliphatic rings. The number of carbonyl (C=O) groups excluding carboxylic acids is 3. The number of rotatable bonds is 5. The van der Waals surface area contributed by atoms with E-state index in [1.165, 1.54) is 0 Å². The molecule has 0 bridgehead atoms. The Morgan fingerprint density at radius 1 is 1.38 bits per heavy atom. The van der Waals surface area contributed by atoms with Crippen LogP contribution in [0.15, 0.2) is 0 Å². The molecule has 0 radical (unpaired) electrons. The summed E-state index contributed by atoms with van der Waals surface area (Å²) in [4.78, 5) is 38.4. The molecule has 0 N–H and O–H groups in total. The molecule has 0 aliphatic carbocycles. The van der Waals surface area contributed by atoms with Gasteiger partial charge in [-0.05, 0) is 12.3 Å². The van der Waals surface area contributed by atoms with E-state index < -0.39 is 17.8 Å². The van der Waals surface area contributed by atoms with Crippen LogP contribution in [0, 0.1) is 5.92 Å². The second-order valence-electron chi connectivity index (χ2n) is 4.10. The molecule has 0 spiro atoms. The van der Waals surface area contributed by atoms with Crippen molar-refractivity contribution in [3.05, 3.63) is 0 Å². The van der Waals surface area contributed by atoms with Crippen LogP contribution in [-0.2, 0) is 19.2 Å². The second kappa shape index (κ2) is 5.63. The van der Waals surface area contributed by atoms with Gasteiger partial charge < -0.3 is 4.84 Å². The maximum atomic E-state index is 11.3. The molecule has 0 saturated carbocycles. The van der Waals surface area contributed by atoms with Gasteiger partial charge in [0.2, 0.25) is 0 Å². The highest BCUT2D eigenvalue weighted by Crippen LogP contribution is 2.14. The van der Waals surface area contributed by atoms with Crippen LogP contribution in [0.25, 0.3) is 0 Å². The SMILES string of the molecule is CCC(C)CCC(=O)ON1C(=O)CCC1=O. The number of amides is 2. The minimum absolute atomic E-state index is 0.136. The van der Waals surface area contributed by atoms with Crippen molar-refractivity contribution in [2.75, 3.05) is 0 Å². The highest BCUT2D eigenvalue weighted by Gasteiger charge is 2.32. The van der Waals surface area contributed by atoms with E-state index in [2.05, 4.69) is 0 Å². The molecule has 0 aromatic carbocycles. The van der Waals surface area contributed by atoms with E-state index in [9.17, 15) is 14.4 Å². The second-order valence-corrected chi connectivity index (χ2v) is 4.10. The number of hydrogen-bond donors (Lipinski definition) is 0. The van der Waals surface area contributed by atoms with Crippen molar-refractivity contribution < 1.29 is 19.2 Å². The minimum Gasteiger partial charge on any atom is -0.330 e. The molecule has 1 unspecified atom stereocenters. The summed E-state index contributed by atoms with van der Waals surface area (Å²) in [5.74, 6) is -0.926. The van der Waals surface area contributed by atoms with E-state index in [1.807, 2.05) is 13.8 Å². The summed E-state index contributed by atoms with van der Waals surface area (Å²) >= 11 is 0. The molecule has 5 nitrogen and oxygen atoms in total. The topological polar surface area (TPSA) is 63.7 Å². The molecule has 1 rings (SSSR count). The average molecular weight is 227 g/mol. The number of imide groups is 1. The first-order valence-corrected chi connectivity index (χ1v) is 5.61. The lowest BCUT2D eigenvalue weighted by atomic mass is 10.0. The minimum atomic E-state index is -0.510. The molecule has 1 atom stereocenters. The fourth-order valence-corrected chi connectivity index (χ4v) is 1.37. The average Bonchev–Trinajstić information content (AvgIpc) is 2.57. The zero-order valence-corrected chi connectivity index (χ0v) is 9.69. The van der Waals surface area contributed by atoms with Crippen LogP contribution in [0.2, 0.25) is 0 Å². The van der Waals surface area contributed by atoms with E-state index >= 15 is 0 Å². The van der Waals surface area contributed by atoms with Crippen molar-refractivity contribution in [2.45, 2.75) is 46.0 Å². The summed E-state index contributed by atoms with van der Waals surface area (Å²) < 4.78 is 0. The highest BCUT2D eigenvalue weighted by molar-refractivity contribution is 6.01. The van der Waals surface area contributed by atoms with Gasteiger partial charge in [-0.15, -0.1) is 5.06 Å². The van der Waals surface area contributed by atoms with Gasteiger partial charge in [0.15, 0.2) is 0 Å². The summed E-state index contributed by atoms with van der Waals surface area (Å²) in [6, 6.07) is 0. The Kier molecular flexibility index (Phi) is 4.46. The monoisotopic (exact) mass is 227 g/mol. The third kappa shape index (κ3) is 3.32. The lowest BCUT2D eigenvalue weighted by Gasteiger charge is -2.13. The molecular formula is C11H17NO4. The van der Waals surface area contributed by atoms with Gasteiger partial charge in [-0.2, -0.15) is 0 Å². The van der Waals surface area contributed by atoms with Crippen molar-refractivity contribution in [1.82, 2.24) is 5.06 Å². The Morgan fingerprint density at radius 3 is 2.44 bits per heavy atom. The molecule has 1 aliphatic heterocycles. The Labute approximate surface area is 94.7 Å². The smallest absolute Gasteiger partial charge is 0.330 e. The highest BCUT2D eigenvalue weighted by atomic mass is 16.7. The van der Waals surface area contributed by atoms with Gasteiger partial charge in [-0.25, -0.2) is 4.79 Å². The van der Waals surface area contributed by atoms with Gasteiger partial charge >= 0.3 is 5.97 Å². The van der Waals surface area contributed by atoms with Crippen LogP contribution in [0.4, 0.5) is 0 Å². The standard InChI is InChI=1S/C11H17NO4/c1-3-8(2)4-7-11(15)16-12-9(13)5-6-10(12)14/h8H,3-7H2,1-2H3. The van der Waals surface area contributed by atoms with E-state index in [1.54, 1.807) is 0 Å². The fourth-order valence-electron chi connectivity index (χ4n) is 1.37. The van der Waals surface area contributed by atoms with Crippen molar-refractivity contribution in [3.8, 4) is 0 Å². The molecule has 0 aromatic heterocycles. The van der Waals surface area contributed by atoms with E-state index in [0.717, 1.165) is 6.42 Å². The van der Waals surface area contributed by atoms with Crippen molar-refractivity contribution in [1.29, 1.82) is 0 Å². The first-order chi connectivity index (χ1) is 7.54. The number of hydroxylamine groups is 2. The van der Waals surface area contributed by atoms with Crippen LogP contribution in [0.3, 0.4) is 0 Å². The van der Waals surface area contributed by atoms with Crippen LogP contribution >= 0.6 is 0 Å². The molecule has 2 amide bonds. The maximum Gasteiger partial charge on any atom is 0.333 e. The largest absolute Gasteiger partial charge is 0.333 e. The fraction of sp³-hybridized carbons (Fsp3) is 0.727. The maximum absolute atomic E-state index is 11.3. The summed E-state index contributed by atoms with van der Waals surface area (Å²) in [6.07, 6.45) is 2.22. The molecule has 90 valence electrons. The molecule has 1 saturated heterocycles. The van der Waals surface area contributed by atoms with Crippen LogP contribution in [0.1, 0.15) is 46.0 Å². The number of hydrogen-bond acceptors (Lipinski definition) is 4. The van der Waals surface area contributed by atoms with Gasteiger partial charge in [0.05, 0.1) is 0 Å². The molecule has 0 aromatic rings. The third-order valence-electron chi connectivity index (χ3n) is 2.74. The summed E-state index contributed by atoms with van der Waals surface area (Å²) in [7, 11) is 0. The first-order valence-electron chi connectivity index (χ1n) is 5.61. The predicted molar refractivity (Wildman–Crippen MR) is 55.9 cm³/mol. The Hall–Kier alpha value is -1.39. The van der Waals surface area contributed by atoms with E-state index in [0.29, 0.717) is 17.4 Å². The van der Waals surface area contributed by atoms with Gasteiger partial charge in [-0.3, -0.25) is 9.59 Å². The van der Waals surface area contributed by atoms with Crippen molar-refractivity contribution in [3.63, 3.8) is 0 Å². The van der Waals surface area contributed by atoms with Gasteiger partial charge in [-0.1, -0.05) is 20.3 Å². The summed E-state index contributed by atoms with van der Waals surface area (Å²) in [5, 5.41) is 0.596. The van der Waals surface area contributed by atoms with Crippen molar-refractivity contribution >= 4 is 17.8 Å². The molecule has 16 heavy (non-hydrogen) atoms. The lowest BCUT2D eigenvalue weighted by molar-refractivity contribution is -0.197. The van der Waals surface area contributed by atoms with Crippen LogP contribution < -0.4 is 0 Å². The summed E-state index contributed by atoms with van der Waals surface area (Å²) in [5.41, 5.74) is 0. The van der Waals surface area contributed by atoms with E-state index in [-0.39, 0.29) is 19.3 Å². The normalized spacial score (nSPS) is 17.8. The zero-order chi connectivity index (χ0) is 12.1. The van der Waals surface area contributed by atoms with Crippen LogP contribution in [0.5, 0.6) is 0 Å². The predicted octanol–water partition coefficient (Wildman–Crippen LogP) is 1.42. The zero-order valence-electron chi connectivity index (χ0n) is 9.69. The Morgan fingerprint density at radius 2 is 1.94 bits per heavy atom.